The van der Waals surface area contributed by atoms with Crippen LogP contribution in [0.25, 0.3) is 10.2 Å². The van der Waals surface area contributed by atoms with Gasteiger partial charge < -0.3 is 10.4 Å². The Kier molecular flexibility index (Phi) is 4.27. The molecule has 1 unspecified atom stereocenters. The largest absolute Gasteiger partial charge is 0.481 e. The van der Waals surface area contributed by atoms with Crippen LogP contribution in [0.5, 0.6) is 0 Å². The fraction of sp³-hybridized carbons (Fsp3) is 0.400. The quantitative estimate of drug-likeness (QED) is 0.887. The first kappa shape index (κ1) is 15.4. The molecule has 2 aromatic rings. The summed E-state index contributed by atoms with van der Waals surface area (Å²) in [6.07, 6.45) is -0.0548. The Labute approximate surface area is 127 Å². The number of aromatic nitrogens is 1. The Hall–Kier alpha value is -1.95. The fourth-order valence-corrected chi connectivity index (χ4v) is 2.71. The molecule has 0 aliphatic rings. The molecule has 0 saturated carbocycles. The van der Waals surface area contributed by atoms with Crippen LogP contribution in [0.4, 0.5) is 5.69 Å². The number of thiazole rings is 1. The van der Waals surface area contributed by atoms with Crippen LogP contribution in [-0.4, -0.2) is 22.0 Å². The summed E-state index contributed by atoms with van der Waals surface area (Å²) in [5.74, 6) is -1.38. The third kappa shape index (κ3) is 3.21. The molecule has 0 bridgehead atoms. The number of hydrogen-bond acceptors (Lipinski definition) is 4. The van der Waals surface area contributed by atoms with E-state index in [1.165, 1.54) is 11.3 Å². The van der Waals surface area contributed by atoms with Crippen molar-refractivity contribution in [1.29, 1.82) is 0 Å². The van der Waals surface area contributed by atoms with Crippen molar-refractivity contribution in [1.82, 2.24) is 4.98 Å². The summed E-state index contributed by atoms with van der Waals surface area (Å²) in [4.78, 5) is 27.7. The summed E-state index contributed by atoms with van der Waals surface area (Å²) in [7, 11) is 0. The Morgan fingerprint density at radius 3 is 2.76 bits per heavy atom. The molecule has 21 heavy (non-hydrogen) atoms. The number of rotatable bonds is 5. The minimum Gasteiger partial charge on any atom is -0.481 e. The van der Waals surface area contributed by atoms with Crippen molar-refractivity contribution in [3.8, 4) is 0 Å². The number of carbonyl (C=O) groups excluding carboxylic acids is 1. The second kappa shape index (κ2) is 5.81. The lowest BCUT2D eigenvalue weighted by Crippen LogP contribution is -2.37. The summed E-state index contributed by atoms with van der Waals surface area (Å²) < 4.78 is 0.984. The van der Waals surface area contributed by atoms with Crippen LogP contribution in [0, 0.1) is 11.3 Å². The highest BCUT2D eigenvalue weighted by Crippen LogP contribution is 2.32. The normalized spacial score (nSPS) is 14.1. The van der Waals surface area contributed by atoms with Gasteiger partial charge in [-0.3, -0.25) is 9.59 Å². The summed E-state index contributed by atoms with van der Waals surface area (Å²) >= 11 is 1.49. The van der Waals surface area contributed by atoms with Crippen molar-refractivity contribution in [2.75, 3.05) is 5.32 Å². The third-order valence-corrected chi connectivity index (χ3v) is 4.70. The highest BCUT2D eigenvalue weighted by Gasteiger charge is 2.38. The Balaban J connectivity index is 2.12. The summed E-state index contributed by atoms with van der Waals surface area (Å²) in [6, 6.07) is 5.45. The van der Waals surface area contributed by atoms with Crippen molar-refractivity contribution in [3.05, 3.63) is 23.7 Å². The number of benzene rings is 1. The van der Waals surface area contributed by atoms with Gasteiger partial charge in [0, 0.05) is 12.1 Å². The second-order valence-electron chi connectivity index (χ2n) is 5.64. The van der Waals surface area contributed by atoms with Crippen LogP contribution in [0.3, 0.4) is 0 Å². The van der Waals surface area contributed by atoms with E-state index < -0.39 is 11.4 Å². The topological polar surface area (TPSA) is 79.3 Å². The van der Waals surface area contributed by atoms with E-state index >= 15 is 0 Å². The lowest BCUT2D eigenvalue weighted by Gasteiger charge is -2.28. The molecule has 112 valence electrons. The van der Waals surface area contributed by atoms with Crippen molar-refractivity contribution >= 4 is 39.1 Å². The van der Waals surface area contributed by atoms with Crippen molar-refractivity contribution < 1.29 is 14.7 Å². The molecule has 0 fully saturated rings. The van der Waals surface area contributed by atoms with Gasteiger partial charge in [-0.1, -0.05) is 13.8 Å². The van der Waals surface area contributed by atoms with Gasteiger partial charge in [-0.2, -0.15) is 0 Å². The van der Waals surface area contributed by atoms with Gasteiger partial charge in [-0.05, 0) is 31.0 Å². The molecule has 1 heterocycles. The molecule has 1 amide bonds. The average molecular weight is 306 g/mol. The maximum atomic E-state index is 12.1. The van der Waals surface area contributed by atoms with Gasteiger partial charge >= 0.3 is 5.97 Å². The van der Waals surface area contributed by atoms with E-state index in [1.54, 1.807) is 18.5 Å². The third-order valence-electron chi connectivity index (χ3n) is 3.91. The zero-order valence-corrected chi connectivity index (χ0v) is 13.0. The first-order valence-electron chi connectivity index (χ1n) is 6.69. The number of nitrogens with zero attached hydrogens (tertiary/aromatic N) is 1. The monoisotopic (exact) mass is 306 g/mol. The van der Waals surface area contributed by atoms with Crippen LogP contribution in [-0.2, 0) is 9.59 Å². The summed E-state index contributed by atoms with van der Waals surface area (Å²) in [5.41, 5.74) is 2.22. The lowest BCUT2D eigenvalue weighted by atomic mass is 9.76. The van der Waals surface area contributed by atoms with Gasteiger partial charge in [-0.25, -0.2) is 4.98 Å². The van der Waals surface area contributed by atoms with E-state index in [0.717, 1.165) is 10.2 Å². The average Bonchev–Trinajstić information content (AvgIpc) is 2.85. The molecule has 0 saturated heterocycles. The van der Waals surface area contributed by atoms with Gasteiger partial charge in [0.1, 0.15) is 0 Å². The maximum absolute atomic E-state index is 12.1. The van der Waals surface area contributed by atoms with Gasteiger partial charge in [0.2, 0.25) is 5.91 Å². The zero-order valence-electron chi connectivity index (χ0n) is 12.2. The molecule has 1 aromatic carbocycles. The smallest absolute Gasteiger partial charge is 0.310 e. The minimum absolute atomic E-state index is 0.0548. The summed E-state index contributed by atoms with van der Waals surface area (Å²) in [5, 5.41) is 12.1. The highest BCUT2D eigenvalue weighted by atomic mass is 32.1. The van der Waals surface area contributed by atoms with E-state index in [1.807, 2.05) is 26.0 Å². The first-order valence-corrected chi connectivity index (χ1v) is 7.57. The molecule has 1 aromatic heterocycles. The Bertz CT molecular complexity index is 680. The standard InChI is InChI=1S/C15H18N2O3S/c1-9(2)15(3,14(19)20)7-13(18)17-10-4-5-11-12(6-10)21-8-16-11/h4-6,8-9H,7H2,1-3H3,(H,17,18)(H,19,20). The number of fused-ring (bicyclic) bond motifs is 1. The van der Waals surface area contributed by atoms with Gasteiger partial charge in [-0.15, -0.1) is 11.3 Å². The number of carboxylic acids is 1. The minimum atomic E-state index is -1.07. The van der Waals surface area contributed by atoms with Crippen LogP contribution < -0.4 is 5.32 Å². The van der Waals surface area contributed by atoms with Crippen LogP contribution in [0.2, 0.25) is 0 Å². The molecule has 0 radical (unpaired) electrons. The number of aliphatic carboxylic acids is 1. The van der Waals surface area contributed by atoms with E-state index in [4.69, 9.17) is 0 Å². The fourth-order valence-electron chi connectivity index (χ4n) is 2.00. The number of carbonyl (C=O) groups is 2. The predicted molar refractivity (Wildman–Crippen MR) is 83.4 cm³/mol. The molecule has 0 spiro atoms. The zero-order chi connectivity index (χ0) is 15.6. The van der Waals surface area contributed by atoms with Crippen LogP contribution in [0.15, 0.2) is 23.7 Å². The number of anilines is 1. The number of hydrogen-bond donors (Lipinski definition) is 2. The summed E-state index contributed by atoms with van der Waals surface area (Å²) in [6.45, 7) is 5.22. The van der Waals surface area contributed by atoms with Gasteiger partial charge in [0.25, 0.3) is 0 Å². The van der Waals surface area contributed by atoms with E-state index in [0.29, 0.717) is 5.69 Å². The highest BCUT2D eigenvalue weighted by molar-refractivity contribution is 7.16. The second-order valence-corrected chi connectivity index (χ2v) is 6.52. The predicted octanol–water partition coefficient (Wildman–Crippen LogP) is 3.37. The molecule has 0 aliphatic carbocycles. The molecular weight excluding hydrogens is 288 g/mol. The van der Waals surface area contributed by atoms with E-state index in [2.05, 4.69) is 10.3 Å². The molecule has 5 nitrogen and oxygen atoms in total. The first-order chi connectivity index (χ1) is 9.83. The molecule has 2 N–H and O–H groups in total. The Morgan fingerprint density at radius 1 is 1.43 bits per heavy atom. The van der Waals surface area contributed by atoms with Crippen molar-refractivity contribution in [3.63, 3.8) is 0 Å². The van der Waals surface area contributed by atoms with Crippen LogP contribution >= 0.6 is 11.3 Å². The molecule has 6 heteroatoms. The molecule has 2 rings (SSSR count). The number of amides is 1. The molecule has 0 aliphatic heterocycles. The number of carboxylic acid groups (broad SMARTS) is 1. The van der Waals surface area contributed by atoms with Crippen LogP contribution in [0.1, 0.15) is 27.2 Å². The lowest BCUT2D eigenvalue weighted by molar-refractivity contribution is -0.153. The maximum Gasteiger partial charge on any atom is 0.310 e. The van der Waals surface area contributed by atoms with Gasteiger partial charge in [0.15, 0.2) is 0 Å². The van der Waals surface area contributed by atoms with Gasteiger partial charge in [0.05, 0.1) is 21.1 Å². The molecule has 1 atom stereocenters. The van der Waals surface area contributed by atoms with E-state index in [-0.39, 0.29) is 18.2 Å². The molecular formula is C15H18N2O3S. The Morgan fingerprint density at radius 2 is 2.14 bits per heavy atom. The van der Waals surface area contributed by atoms with Crippen molar-refractivity contribution in [2.45, 2.75) is 27.2 Å². The van der Waals surface area contributed by atoms with Crippen molar-refractivity contribution in [2.24, 2.45) is 11.3 Å². The SMILES string of the molecule is CC(C)C(C)(CC(=O)Nc1ccc2ncsc2c1)C(=O)O. The van der Waals surface area contributed by atoms with E-state index in [9.17, 15) is 14.7 Å². The number of nitrogens with one attached hydrogen (secondary N) is 1.